The molecule has 76 valence electrons. The molecule has 0 aromatic heterocycles. The van der Waals surface area contributed by atoms with Crippen molar-refractivity contribution in [1.29, 1.82) is 0 Å². The van der Waals surface area contributed by atoms with Gasteiger partial charge in [0.2, 0.25) is 0 Å². The topological polar surface area (TPSA) is 6.48 Å². The molecule has 0 radical (unpaired) electrons. The first-order valence-electron chi connectivity index (χ1n) is 5.04. The fraction of sp³-hybridized carbons (Fsp3) is 0.818. The van der Waals surface area contributed by atoms with Crippen molar-refractivity contribution in [2.75, 3.05) is 20.1 Å². The quantitative estimate of drug-likeness (QED) is 0.611. The Labute approximate surface area is 82.2 Å². The summed E-state index contributed by atoms with van der Waals surface area (Å²) in [6.07, 6.45) is 0. The van der Waals surface area contributed by atoms with Crippen molar-refractivity contribution in [2.24, 2.45) is 0 Å². The van der Waals surface area contributed by atoms with E-state index in [1.165, 1.54) is 5.70 Å². The first-order valence-corrected chi connectivity index (χ1v) is 5.04. The maximum atomic E-state index is 4.20. The standard InChI is InChI=1S/C11H22N2/c1-9(2)13-8-7-12(6)11(4,5)10(13)3/h9H,3,7-8H2,1-2,4-6H3. The first-order chi connectivity index (χ1) is 5.87. The minimum atomic E-state index is 0.114. The third kappa shape index (κ3) is 1.73. The molecule has 0 spiro atoms. The van der Waals surface area contributed by atoms with Crippen molar-refractivity contribution in [3.63, 3.8) is 0 Å². The molecule has 1 rings (SSSR count). The summed E-state index contributed by atoms with van der Waals surface area (Å²) < 4.78 is 0. The summed E-state index contributed by atoms with van der Waals surface area (Å²) in [6, 6.07) is 0.570. The third-order valence-electron chi connectivity index (χ3n) is 3.31. The first kappa shape index (κ1) is 10.6. The van der Waals surface area contributed by atoms with Crippen LogP contribution in [0.25, 0.3) is 0 Å². The van der Waals surface area contributed by atoms with Crippen LogP contribution in [0, 0.1) is 0 Å². The summed E-state index contributed by atoms with van der Waals surface area (Å²) in [7, 11) is 2.17. The second-order valence-electron chi connectivity index (χ2n) is 4.71. The maximum Gasteiger partial charge on any atom is 0.0545 e. The van der Waals surface area contributed by atoms with Gasteiger partial charge in [-0.1, -0.05) is 6.58 Å². The zero-order valence-corrected chi connectivity index (χ0v) is 9.59. The molecule has 0 saturated carbocycles. The highest BCUT2D eigenvalue weighted by atomic mass is 15.3. The van der Waals surface area contributed by atoms with Crippen molar-refractivity contribution in [1.82, 2.24) is 9.80 Å². The molecule has 0 aliphatic carbocycles. The third-order valence-corrected chi connectivity index (χ3v) is 3.31. The predicted octanol–water partition coefficient (Wildman–Crippen LogP) is 1.93. The average molecular weight is 182 g/mol. The van der Waals surface area contributed by atoms with E-state index in [4.69, 9.17) is 0 Å². The Morgan fingerprint density at radius 1 is 1.31 bits per heavy atom. The van der Waals surface area contributed by atoms with Gasteiger partial charge in [0, 0.05) is 24.8 Å². The van der Waals surface area contributed by atoms with E-state index in [2.05, 4.69) is 51.1 Å². The van der Waals surface area contributed by atoms with E-state index in [1.807, 2.05) is 0 Å². The highest BCUT2D eigenvalue weighted by Gasteiger charge is 2.35. The zero-order valence-electron chi connectivity index (χ0n) is 9.59. The Morgan fingerprint density at radius 2 is 1.85 bits per heavy atom. The van der Waals surface area contributed by atoms with Crippen LogP contribution < -0.4 is 0 Å². The number of likely N-dealkylation sites (N-methyl/N-ethyl adjacent to an activating group) is 1. The van der Waals surface area contributed by atoms with Gasteiger partial charge in [-0.05, 0) is 34.7 Å². The molecule has 1 aliphatic heterocycles. The Kier molecular flexibility index (Phi) is 2.71. The SMILES string of the molecule is C=C1N(C(C)C)CCN(C)C1(C)C. The molecule has 1 aliphatic rings. The van der Waals surface area contributed by atoms with Gasteiger partial charge in [0.05, 0.1) is 5.54 Å². The van der Waals surface area contributed by atoms with Crippen molar-refractivity contribution < 1.29 is 0 Å². The van der Waals surface area contributed by atoms with E-state index in [9.17, 15) is 0 Å². The lowest BCUT2D eigenvalue weighted by Gasteiger charge is -2.49. The molecule has 0 aromatic rings. The average Bonchev–Trinajstić information content (AvgIpc) is 2.01. The fourth-order valence-electron chi connectivity index (χ4n) is 1.81. The van der Waals surface area contributed by atoms with Crippen molar-refractivity contribution in [3.8, 4) is 0 Å². The molecule has 2 nitrogen and oxygen atoms in total. The number of nitrogens with zero attached hydrogens (tertiary/aromatic N) is 2. The highest BCUT2D eigenvalue weighted by molar-refractivity contribution is 5.16. The van der Waals surface area contributed by atoms with Crippen LogP contribution in [0.3, 0.4) is 0 Å². The summed E-state index contributed by atoms with van der Waals surface area (Å²) >= 11 is 0. The van der Waals surface area contributed by atoms with E-state index < -0.39 is 0 Å². The lowest BCUT2D eigenvalue weighted by atomic mass is 9.94. The zero-order chi connectivity index (χ0) is 10.2. The number of hydrogen-bond acceptors (Lipinski definition) is 2. The van der Waals surface area contributed by atoms with Gasteiger partial charge < -0.3 is 4.90 Å². The van der Waals surface area contributed by atoms with Crippen LogP contribution in [0.4, 0.5) is 0 Å². The molecule has 13 heavy (non-hydrogen) atoms. The van der Waals surface area contributed by atoms with Crippen molar-refractivity contribution in [3.05, 3.63) is 12.3 Å². The maximum absolute atomic E-state index is 4.20. The number of hydrogen-bond donors (Lipinski definition) is 0. The van der Waals surface area contributed by atoms with Crippen LogP contribution in [-0.4, -0.2) is 41.5 Å². The van der Waals surface area contributed by atoms with E-state index in [0.717, 1.165) is 13.1 Å². The van der Waals surface area contributed by atoms with Crippen LogP contribution in [0.5, 0.6) is 0 Å². The smallest absolute Gasteiger partial charge is 0.0545 e. The van der Waals surface area contributed by atoms with E-state index in [1.54, 1.807) is 0 Å². The summed E-state index contributed by atoms with van der Waals surface area (Å²) in [5, 5.41) is 0. The molecule has 1 fully saturated rings. The Hall–Kier alpha value is -0.500. The number of piperazine rings is 1. The Balaban J connectivity index is 2.83. The lowest BCUT2D eigenvalue weighted by molar-refractivity contribution is 0.0745. The molecule has 0 bridgehead atoms. The highest BCUT2D eigenvalue weighted by Crippen LogP contribution is 2.29. The minimum Gasteiger partial charge on any atom is -0.370 e. The van der Waals surface area contributed by atoms with Crippen molar-refractivity contribution in [2.45, 2.75) is 39.3 Å². The van der Waals surface area contributed by atoms with Crippen LogP contribution in [-0.2, 0) is 0 Å². The molecule has 0 aromatic carbocycles. The van der Waals surface area contributed by atoms with Gasteiger partial charge in [0.15, 0.2) is 0 Å². The summed E-state index contributed by atoms with van der Waals surface area (Å²) in [5.41, 5.74) is 1.36. The Morgan fingerprint density at radius 3 is 2.31 bits per heavy atom. The second kappa shape index (κ2) is 3.33. The minimum absolute atomic E-state index is 0.114. The van der Waals surface area contributed by atoms with E-state index in [-0.39, 0.29) is 5.54 Å². The Bertz CT molecular complexity index is 206. The van der Waals surface area contributed by atoms with Gasteiger partial charge in [-0.2, -0.15) is 0 Å². The van der Waals surface area contributed by atoms with Gasteiger partial charge in [0.1, 0.15) is 0 Å². The molecule has 1 heterocycles. The van der Waals surface area contributed by atoms with Crippen molar-refractivity contribution >= 4 is 0 Å². The molecule has 0 atom stereocenters. The van der Waals surface area contributed by atoms with Gasteiger partial charge in [-0.25, -0.2) is 0 Å². The molecular weight excluding hydrogens is 160 g/mol. The molecular formula is C11H22N2. The summed E-state index contributed by atoms with van der Waals surface area (Å²) in [6.45, 7) is 15.4. The molecule has 2 heteroatoms. The normalized spacial score (nSPS) is 24.2. The largest absolute Gasteiger partial charge is 0.370 e. The summed E-state index contributed by atoms with van der Waals surface area (Å²) in [5.74, 6) is 0. The number of rotatable bonds is 1. The van der Waals surface area contributed by atoms with Gasteiger partial charge in [-0.15, -0.1) is 0 Å². The van der Waals surface area contributed by atoms with E-state index in [0.29, 0.717) is 6.04 Å². The molecule has 0 unspecified atom stereocenters. The lowest BCUT2D eigenvalue weighted by Crippen LogP contribution is -2.56. The predicted molar refractivity (Wildman–Crippen MR) is 57.7 cm³/mol. The van der Waals surface area contributed by atoms with Crippen LogP contribution >= 0.6 is 0 Å². The summed E-state index contributed by atoms with van der Waals surface area (Å²) in [4.78, 5) is 4.77. The van der Waals surface area contributed by atoms with E-state index >= 15 is 0 Å². The van der Waals surface area contributed by atoms with Crippen LogP contribution in [0.2, 0.25) is 0 Å². The molecule has 0 N–H and O–H groups in total. The monoisotopic (exact) mass is 182 g/mol. The van der Waals surface area contributed by atoms with Crippen LogP contribution in [0.15, 0.2) is 12.3 Å². The van der Waals surface area contributed by atoms with Gasteiger partial charge >= 0.3 is 0 Å². The fourth-order valence-corrected chi connectivity index (χ4v) is 1.81. The van der Waals surface area contributed by atoms with Gasteiger partial charge in [-0.3, -0.25) is 4.90 Å². The molecule has 1 saturated heterocycles. The van der Waals surface area contributed by atoms with Gasteiger partial charge in [0.25, 0.3) is 0 Å². The van der Waals surface area contributed by atoms with Crippen LogP contribution in [0.1, 0.15) is 27.7 Å². The molecule has 0 amide bonds. The second-order valence-corrected chi connectivity index (χ2v) is 4.71.